The van der Waals surface area contributed by atoms with Gasteiger partial charge in [0.25, 0.3) is 0 Å². The molecule has 0 aromatic heterocycles. The van der Waals surface area contributed by atoms with Gasteiger partial charge in [-0.05, 0) is 17.5 Å². The lowest BCUT2D eigenvalue weighted by Crippen LogP contribution is -2.46. The van der Waals surface area contributed by atoms with E-state index in [1.165, 1.54) is 5.56 Å². The minimum Gasteiger partial charge on any atom is -0.383 e. The van der Waals surface area contributed by atoms with E-state index in [0.717, 1.165) is 12.0 Å². The van der Waals surface area contributed by atoms with Gasteiger partial charge in [-0.3, -0.25) is 4.79 Å². The molecule has 1 fully saturated rings. The molecule has 0 spiro atoms. The molecule has 0 bridgehead atoms. The van der Waals surface area contributed by atoms with E-state index >= 15 is 0 Å². The first-order chi connectivity index (χ1) is 12.3. The fourth-order valence-corrected chi connectivity index (χ4v) is 3.11. The van der Waals surface area contributed by atoms with Crippen LogP contribution in [0.3, 0.4) is 0 Å². The lowest BCUT2D eigenvalue weighted by molar-refractivity contribution is -0.134. The second-order valence-corrected chi connectivity index (χ2v) is 6.28. The lowest BCUT2D eigenvalue weighted by atomic mass is 10.0. The molecule has 1 heterocycles. The molecule has 25 heavy (non-hydrogen) atoms. The maximum atomic E-state index is 13.0. The Morgan fingerprint density at radius 3 is 2.44 bits per heavy atom. The van der Waals surface area contributed by atoms with E-state index in [-0.39, 0.29) is 18.0 Å². The second-order valence-electron chi connectivity index (χ2n) is 6.28. The molecule has 132 valence electrons. The summed E-state index contributed by atoms with van der Waals surface area (Å²) in [6.45, 7) is 1.70. The molecule has 0 aliphatic carbocycles. The molecule has 5 heteroatoms. The first kappa shape index (κ1) is 17.6. The number of hydrazine groups is 1. The van der Waals surface area contributed by atoms with Crippen molar-refractivity contribution < 1.29 is 9.53 Å². The van der Waals surface area contributed by atoms with Crippen molar-refractivity contribution in [3.05, 3.63) is 71.8 Å². The number of benzene rings is 2. The van der Waals surface area contributed by atoms with Crippen LogP contribution >= 0.6 is 0 Å². The second kappa shape index (κ2) is 8.76. The summed E-state index contributed by atoms with van der Waals surface area (Å²) in [7, 11) is 1.66. The highest BCUT2D eigenvalue weighted by Gasteiger charge is 2.32. The van der Waals surface area contributed by atoms with Crippen LogP contribution in [-0.2, 0) is 16.1 Å². The molecule has 3 rings (SSSR count). The van der Waals surface area contributed by atoms with Gasteiger partial charge >= 0.3 is 0 Å². The Morgan fingerprint density at radius 2 is 1.76 bits per heavy atom. The Hall–Kier alpha value is -2.21. The van der Waals surface area contributed by atoms with Crippen molar-refractivity contribution >= 4 is 5.91 Å². The van der Waals surface area contributed by atoms with Gasteiger partial charge < -0.3 is 9.64 Å². The molecular formula is C20H25N3O2. The van der Waals surface area contributed by atoms with E-state index in [1.54, 1.807) is 7.11 Å². The highest BCUT2D eigenvalue weighted by atomic mass is 16.5. The number of nitrogens with zero attached hydrogens (tertiary/aromatic N) is 1. The van der Waals surface area contributed by atoms with Crippen LogP contribution in [0.2, 0.25) is 0 Å². The van der Waals surface area contributed by atoms with Crippen LogP contribution in [0, 0.1) is 0 Å². The average Bonchev–Trinajstić information content (AvgIpc) is 3.16. The zero-order valence-corrected chi connectivity index (χ0v) is 14.5. The van der Waals surface area contributed by atoms with Crippen LogP contribution in [-0.4, -0.2) is 37.1 Å². The van der Waals surface area contributed by atoms with Crippen LogP contribution in [0.4, 0.5) is 0 Å². The highest BCUT2D eigenvalue weighted by Crippen LogP contribution is 2.23. The first-order valence-electron chi connectivity index (χ1n) is 8.65. The molecule has 1 amide bonds. The van der Waals surface area contributed by atoms with E-state index in [0.29, 0.717) is 19.7 Å². The average molecular weight is 339 g/mol. The standard InChI is InChI=1S/C20H25N3O2/c1-25-13-12-23(15-16-8-4-2-5-9-16)20(24)19-14-18(21-22-19)17-10-6-3-7-11-17/h2-11,18-19,21-22H,12-15H2,1H3. The van der Waals surface area contributed by atoms with Gasteiger partial charge in [-0.1, -0.05) is 60.7 Å². The number of amides is 1. The number of hydrogen-bond acceptors (Lipinski definition) is 4. The largest absolute Gasteiger partial charge is 0.383 e. The molecule has 2 atom stereocenters. The van der Waals surface area contributed by atoms with Gasteiger partial charge in [0, 0.05) is 26.2 Å². The summed E-state index contributed by atoms with van der Waals surface area (Å²) in [5, 5.41) is 0. The van der Waals surface area contributed by atoms with Crippen LogP contribution in [0.15, 0.2) is 60.7 Å². The Kier molecular flexibility index (Phi) is 6.17. The maximum Gasteiger partial charge on any atom is 0.241 e. The molecule has 2 aromatic rings. The van der Waals surface area contributed by atoms with Crippen molar-refractivity contribution in [3.8, 4) is 0 Å². The quantitative estimate of drug-likeness (QED) is 0.813. The van der Waals surface area contributed by atoms with Crippen molar-refractivity contribution in [1.82, 2.24) is 15.8 Å². The number of ether oxygens (including phenoxy) is 1. The fourth-order valence-electron chi connectivity index (χ4n) is 3.11. The molecule has 2 unspecified atom stereocenters. The van der Waals surface area contributed by atoms with Crippen LogP contribution < -0.4 is 10.9 Å². The van der Waals surface area contributed by atoms with Gasteiger partial charge in [0.1, 0.15) is 6.04 Å². The molecule has 1 saturated heterocycles. The molecule has 0 radical (unpaired) electrons. The summed E-state index contributed by atoms with van der Waals surface area (Å²) in [6, 6.07) is 20.2. The smallest absolute Gasteiger partial charge is 0.241 e. The molecule has 5 nitrogen and oxygen atoms in total. The molecule has 1 aliphatic heterocycles. The van der Waals surface area contributed by atoms with Crippen molar-refractivity contribution in [2.24, 2.45) is 0 Å². The number of rotatable bonds is 7. The van der Waals surface area contributed by atoms with E-state index in [1.807, 2.05) is 53.4 Å². The van der Waals surface area contributed by atoms with Gasteiger partial charge in [-0.25, -0.2) is 10.9 Å². The summed E-state index contributed by atoms with van der Waals surface area (Å²) < 4.78 is 5.18. The van der Waals surface area contributed by atoms with Gasteiger partial charge in [-0.2, -0.15) is 0 Å². The predicted octanol–water partition coefficient (Wildman–Crippen LogP) is 2.27. The molecule has 2 aromatic carbocycles. The number of methoxy groups -OCH3 is 1. The van der Waals surface area contributed by atoms with Crippen LogP contribution in [0.1, 0.15) is 23.6 Å². The Labute approximate surface area is 149 Å². The molecule has 2 N–H and O–H groups in total. The third-order valence-electron chi connectivity index (χ3n) is 4.50. The van der Waals surface area contributed by atoms with Crippen molar-refractivity contribution in [3.63, 3.8) is 0 Å². The van der Waals surface area contributed by atoms with Crippen LogP contribution in [0.25, 0.3) is 0 Å². The van der Waals surface area contributed by atoms with Gasteiger partial charge in [0.05, 0.1) is 6.61 Å². The SMILES string of the molecule is COCCN(Cc1ccccc1)C(=O)C1CC(c2ccccc2)NN1. The van der Waals surface area contributed by atoms with Crippen molar-refractivity contribution in [2.45, 2.75) is 25.0 Å². The summed E-state index contributed by atoms with van der Waals surface area (Å²) in [6.07, 6.45) is 0.737. The Morgan fingerprint density at radius 1 is 1.08 bits per heavy atom. The Balaban J connectivity index is 1.65. The fraction of sp³-hybridized carbons (Fsp3) is 0.350. The van der Waals surface area contributed by atoms with Gasteiger partial charge in [0.15, 0.2) is 0 Å². The minimum atomic E-state index is -0.231. The monoisotopic (exact) mass is 339 g/mol. The first-order valence-corrected chi connectivity index (χ1v) is 8.65. The summed E-state index contributed by atoms with van der Waals surface area (Å²) >= 11 is 0. The summed E-state index contributed by atoms with van der Waals surface area (Å²) in [5.74, 6) is 0.104. The number of carbonyl (C=O) groups is 1. The van der Waals surface area contributed by atoms with Gasteiger partial charge in [-0.15, -0.1) is 0 Å². The molecule has 1 aliphatic rings. The summed E-state index contributed by atoms with van der Waals surface area (Å²) in [4.78, 5) is 14.9. The topological polar surface area (TPSA) is 53.6 Å². The lowest BCUT2D eigenvalue weighted by Gasteiger charge is -2.25. The van der Waals surface area contributed by atoms with Crippen molar-refractivity contribution in [1.29, 1.82) is 0 Å². The van der Waals surface area contributed by atoms with Gasteiger partial charge in [0.2, 0.25) is 5.91 Å². The minimum absolute atomic E-state index is 0.104. The van der Waals surface area contributed by atoms with E-state index < -0.39 is 0 Å². The van der Waals surface area contributed by atoms with Crippen molar-refractivity contribution in [2.75, 3.05) is 20.3 Å². The zero-order valence-electron chi connectivity index (χ0n) is 14.5. The molecule has 0 saturated carbocycles. The normalized spacial score (nSPS) is 19.7. The zero-order chi connectivity index (χ0) is 17.5. The number of carbonyl (C=O) groups excluding carboxylic acids is 1. The Bertz CT molecular complexity index is 663. The van der Waals surface area contributed by atoms with E-state index in [4.69, 9.17) is 4.74 Å². The number of nitrogens with one attached hydrogen (secondary N) is 2. The predicted molar refractivity (Wildman–Crippen MR) is 97.6 cm³/mol. The third kappa shape index (κ3) is 4.66. The van der Waals surface area contributed by atoms with E-state index in [2.05, 4.69) is 23.0 Å². The third-order valence-corrected chi connectivity index (χ3v) is 4.50. The number of hydrogen-bond donors (Lipinski definition) is 2. The maximum absolute atomic E-state index is 13.0. The highest BCUT2D eigenvalue weighted by molar-refractivity contribution is 5.82. The van der Waals surface area contributed by atoms with E-state index in [9.17, 15) is 4.79 Å². The summed E-state index contributed by atoms with van der Waals surface area (Å²) in [5.41, 5.74) is 8.73. The molecular weight excluding hydrogens is 314 g/mol. The van der Waals surface area contributed by atoms with Crippen LogP contribution in [0.5, 0.6) is 0 Å².